The Labute approximate surface area is 173 Å². The second-order valence-electron chi connectivity index (χ2n) is 7.22. The molecule has 0 saturated carbocycles. The number of hydrogen-bond acceptors (Lipinski definition) is 5. The number of morpholine rings is 1. The van der Waals surface area contributed by atoms with Crippen molar-refractivity contribution >= 4 is 23.2 Å². The maximum Gasteiger partial charge on any atom is 0.254 e. The Morgan fingerprint density at radius 1 is 1.07 bits per heavy atom. The van der Waals surface area contributed by atoms with Crippen LogP contribution < -0.4 is 4.90 Å². The van der Waals surface area contributed by atoms with Gasteiger partial charge in [-0.25, -0.2) is 4.98 Å². The molecule has 7 heteroatoms. The minimum absolute atomic E-state index is 0.0724. The summed E-state index contributed by atoms with van der Waals surface area (Å²) in [4.78, 5) is 11.3. The van der Waals surface area contributed by atoms with Crippen molar-refractivity contribution in [3.63, 3.8) is 0 Å². The highest BCUT2D eigenvalue weighted by Crippen LogP contribution is 2.32. The van der Waals surface area contributed by atoms with Gasteiger partial charge in [-0.15, -0.1) is 0 Å². The zero-order chi connectivity index (χ0) is 19.8. The third-order valence-electron chi connectivity index (χ3n) is 5.25. The van der Waals surface area contributed by atoms with Crippen LogP contribution in [0.1, 0.15) is 18.6 Å². The van der Waals surface area contributed by atoms with E-state index in [2.05, 4.69) is 51.2 Å². The van der Waals surface area contributed by atoms with Gasteiger partial charge >= 0.3 is 0 Å². The van der Waals surface area contributed by atoms with E-state index in [1.807, 2.05) is 36.4 Å². The molecule has 1 fully saturated rings. The van der Waals surface area contributed by atoms with Gasteiger partial charge in [0.2, 0.25) is 0 Å². The molecular formula is C22H20ClN5O. The number of nitrogens with zero attached hydrogens (tertiary/aromatic N) is 5. The summed E-state index contributed by atoms with van der Waals surface area (Å²) < 4.78 is 7.93. The van der Waals surface area contributed by atoms with E-state index in [9.17, 15) is 0 Å². The summed E-state index contributed by atoms with van der Waals surface area (Å²) in [5, 5.41) is 5.13. The van der Waals surface area contributed by atoms with Crippen molar-refractivity contribution in [3.05, 3.63) is 77.6 Å². The zero-order valence-electron chi connectivity index (χ0n) is 15.9. The van der Waals surface area contributed by atoms with Crippen LogP contribution in [-0.4, -0.2) is 38.8 Å². The highest BCUT2D eigenvalue weighted by atomic mass is 35.5. The fraction of sp³-hybridized carbons (Fsp3) is 0.227. The largest absolute Gasteiger partial charge is 0.370 e. The van der Waals surface area contributed by atoms with Gasteiger partial charge in [0, 0.05) is 16.7 Å². The second kappa shape index (κ2) is 7.46. The topological polar surface area (TPSA) is 55.5 Å². The fourth-order valence-electron chi connectivity index (χ4n) is 3.74. The number of fused-ring (bicyclic) bond motifs is 1. The zero-order valence-corrected chi connectivity index (χ0v) is 16.7. The third-order valence-corrected chi connectivity index (χ3v) is 5.49. The van der Waals surface area contributed by atoms with Crippen molar-refractivity contribution < 1.29 is 4.74 Å². The monoisotopic (exact) mass is 405 g/mol. The molecule has 5 rings (SSSR count). The lowest BCUT2D eigenvalue weighted by atomic mass is 10.1. The first kappa shape index (κ1) is 18.1. The van der Waals surface area contributed by atoms with Crippen molar-refractivity contribution in [3.8, 4) is 11.3 Å². The summed E-state index contributed by atoms with van der Waals surface area (Å²) in [5.41, 5.74) is 2.99. The van der Waals surface area contributed by atoms with E-state index in [-0.39, 0.29) is 12.1 Å². The Morgan fingerprint density at radius 3 is 2.76 bits per heavy atom. The molecule has 4 aromatic rings. The highest BCUT2D eigenvalue weighted by Gasteiger charge is 2.29. The van der Waals surface area contributed by atoms with Gasteiger partial charge < -0.3 is 9.64 Å². The molecule has 1 aliphatic rings. The lowest BCUT2D eigenvalue weighted by Gasteiger charge is -2.39. The first-order chi connectivity index (χ1) is 14.2. The van der Waals surface area contributed by atoms with E-state index in [0.29, 0.717) is 24.0 Å². The molecule has 3 heterocycles. The van der Waals surface area contributed by atoms with Gasteiger partial charge in [-0.3, -0.25) is 0 Å². The number of hydrogen-bond donors (Lipinski definition) is 0. The fourth-order valence-corrected chi connectivity index (χ4v) is 3.94. The van der Waals surface area contributed by atoms with Crippen LogP contribution in [0.15, 0.2) is 67.0 Å². The van der Waals surface area contributed by atoms with E-state index in [1.54, 1.807) is 10.8 Å². The second-order valence-corrected chi connectivity index (χ2v) is 7.65. The molecule has 6 nitrogen and oxygen atoms in total. The van der Waals surface area contributed by atoms with Crippen LogP contribution in [0.25, 0.3) is 17.0 Å². The number of halogens is 1. The lowest BCUT2D eigenvalue weighted by molar-refractivity contribution is 0.0211. The van der Waals surface area contributed by atoms with Crippen molar-refractivity contribution in [2.45, 2.75) is 19.1 Å². The van der Waals surface area contributed by atoms with Crippen LogP contribution in [0.4, 0.5) is 5.82 Å². The van der Waals surface area contributed by atoms with Crippen molar-refractivity contribution in [1.82, 2.24) is 19.6 Å². The van der Waals surface area contributed by atoms with E-state index >= 15 is 0 Å². The molecule has 0 bridgehead atoms. The van der Waals surface area contributed by atoms with Crippen LogP contribution in [0.5, 0.6) is 0 Å². The lowest BCUT2D eigenvalue weighted by Crippen LogP contribution is -2.46. The molecule has 1 aliphatic heterocycles. The van der Waals surface area contributed by atoms with Crippen molar-refractivity contribution in [2.75, 3.05) is 18.1 Å². The maximum atomic E-state index is 6.20. The molecule has 1 saturated heterocycles. The summed E-state index contributed by atoms with van der Waals surface area (Å²) in [6.07, 6.45) is 1.47. The molecular weight excluding hydrogens is 386 g/mol. The summed E-state index contributed by atoms with van der Waals surface area (Å²) in [5.74, 6) is 1.54. The normalized spacial score (nSPS) is 19.6. The Bertz CT molecular complexity index is 1150. The van der Waals surface area contributed by atoms with Gasteiger partial charge in [0.1, 0.15) is 18.2 Å². The van der Waals surface area contributed by atoms with Crippen LogP contribution in [-0.2, 0) is 4.74 Å². The number of rotatable bonds is 3. The van der Waals surface area contributed by atoms with Gasteiger partial charge in [0.25, 0.3) is 5.78 Å². The maximum absolute atomic E-state index is 6.20. The molecule has 0 radical (unpaired) electrons. The Kier molecular flexibility index (Phi) is 4.66. The van der Waals surface area contributed by atoms with Gasteiger partial charge in [0.05, 0.1) is 24.9 Å². The molecule has 146 valence electrons. The molecule has 2 aromatic carbocycles. The van der Waals surface area contributed by atoms with Gasteiger partial charge in [-0.05, 0) is 24.6 Å². The predicted molar refractivity (Wildman–Crippen MR) is 113 cm³/mol. The smallest absolute Gasteiger partial charge is 0.254 e. The van der Waals surface area contributed by atoms with E-state index in [0.717, 1.165) is 22.6 Å². The third kappa shape index (κ3) is 3.45. The minimum Gasteiger partial charge on any atom is -0.370 e. The molecule has 0 amide bonds. The van der Waals surface area contributed by atoms with Crippen LogP contribution in [0.2, 0.25) is 5.02 Å². The van der Waals surface area contributed by atoms with Gasteiger partial charge in [-0.1, -0.05) is 54.1 Å². The Morgan fingerprint density at radius 2 is 1.93 bits per heavy atom. The SMILES string of the molecule is CC1COC(c2cccc(Cl)c2)CN1c1cc(-c2ccccc2)nc2ncnn12. The summed E-state index contributed by atoms with van der Waals surface area (Å²) >= 11 is 6.20. The van der Waals surface area contributed by atoms with Crippen molar-refractivity contribution in [1.29, 1.82) is 0 Å². The summed E-state index contributed by atoms with van der Waals surface area (Å²) in [6.45, 7) is 3.45. The van der Waals surface area contributed by atoms with E-state index in [4.69, 9.17) is 16.3 Å². The van der Waals surface area contributed by atoms with Crippen molar-refractivity contribution in [2.24, 2.45) is 0 Å². The first-order valence-electron chi connectivity index (χ1n) is 9.59. The van der Waals surface area contributed by atoms with Crippen LogP contribution in [0.3, 0.4) is 0 Å². The van der Waals surface area contributed by atoms with E-state index < -0.39 is 0 Å². The van der Waals surface area contributed by atoms with Crippen LogP contribution >= 0.6 is 11.6 Å². The highest BCUT2D eigenvalue weighted by molar-refractivity contribution is 6.30. The summed E-state index contributed by atoms with van der Waals surface area (Å²) in [7, 11) is 0. The number of anilines is 1. The molecule has 0 aliphatic carbocycles. The number of benzene rings is 2. The molecule has 0 spiro atoms. The first-order valence-corrected chi connectivity index (χ1v) is 9.97. The standard InChI is InChI=1S/C22H20ClN5O/c1-15-13-29-20(17-8-5-9-18(23)10-17)12-27(15)21-11-19(16-6-3-2-4-7-16)26-22-24-14-25-28(21)22/h2-11,14-15,20H,12-13H2,1H3. The summed E-state index contributed by atoms with van der Waals surface area (Å²) in [6, 6.07) is 20.2. The van der Waals surface area contributed by atoms with E-state index in [1.165, 1.54) is 0 Å². The molecule has 2 unspecified atom stereocenters. The molecule has 29 heavy (non-hydrogen) atoms. The van der Waals surface area contributed by atoms with Gasteiger partial charge in [0.15, 0.2) is 0 Å². The average Bonchev–Trinajstić information content (AvgIpc) is 3.23. The Balaban J connectivity index is 1.57. The van der Waals surface area contributed by atoms with Crippen LogP contribution in [0, 0.1) is 0 Å². The number of ether oxygens (including phenoxy) is 1. The number of aromatic nitrogens is 4. The minimum atomic E-state index is -0.0724. The molecule has 2 atom stereocenters. The average molecular weight is 406 g/mol. The Hall–Kier alpha value is -2.96. The quantitative estimate of drug-likeness (QED) is 0.505. The van der Waals surface area contributed by atoms with Gasteiger partial charge in [-0.2, -0.15) is 14.6 Å². The molecule has 0 N–H and O–H groups in total. The molecule has 2 aromatic heterocycles. The predicted octanol–water partition coefficient (Wildman–Crippen LogP) is 4.41.